The molecule has 2 heterocycles. The summed E-state index contributed by atoms with van der Waals surface area (Å²) < 4.78 is 109. The molecule has 0 aliphatic rings. The molecule has 1 amide bonds. The molecule has 0 saturated carbocycles. The Bertz CT molecular complexity index is 1950. The number of rotatable bonds is 8. The van der Waals surface area contributed by atoms with Gasteiger partial charge in [0.15, 0.2) is 23.1 Å². The monoisotopic (exact) mass is 674 g/mol. The fourth-order valence-corrected chi connectivity index (χ4v) is 4.67. The van der Waals surface area contributed by atoms with Gasteiger partial charge in [-0.3, -0.25) is 19.0 Å². The van der Waals surface area contributed by atoms with Crippen LogP contribution >= 0.6 is 12.4 Å². The Morgan fingerprint density at radius 1 is 1.02 bits per heavy atom. The lowest BCUT2D eigenvalue weighted by atomic mass is 9.99. The maximum absolute atomic E-state index is 15.3. The van der Waals surface area contributed by atoms with E-state index in [9.17, 15) is 35.9 Å². The Morgan fingerprint density at radius 2 is 1.74 bits per heavy atom. The van der Waals surface area contributed by atoms with Crippen LogP contribution in [0.15, 0.2) is 59.7 Å². The normalized spacial score (nSPS) is 11.8. The molecule has 0 saturated heterocycles. The number of nitrogens with one attached hydrogen (secondary N) is 2. The van der Waals surface area contributed by atoms with Gasteiger partial charge in [-0.1, -0.05) is 6.07 Å². The molecule has 0 atom stereocenters. The topological polar surface area (TPSA) is 116 Å². The van der Waals surface area contributed by atoms with E-state index in [-0.39, 0.29) is 64.2 Å². The molecule has 0 fully saturated rings. The maximum Gasteiger partial charge on any atom is 0.416 e. The van der Waals surface area contributed by atoms with Gasteiger partial charge >= 0.3 is 18.0 Å². The SMILES string of the molecule is COc1cc(-c2cc(C(F)(F)F)cc3c2n(C)c(=O)n3CC(=O)Nc2cccc(C(F)(F)F)c2)cc(F)c1OCc1ncn[nH]1.Cl. The molecule has 0 spiro atoms. The van der Waals surface area contributed by atoms with Crippen molar-refractivity contribution in [2.45, 2.75) is 25.5 Å². The van der Waals surface area contributed by atoms with E-state index < -0.39 is 47.4 Å². The number of benzene rings is 3. The molecule has 5 rings (SSSR count). The highest BCUT2D eigenvalue weighted by Gasteiger charge is 2.34. The van der Waals surface area contributed by atoms with Crippen LogP contribution in [0.5, 0.6) is 11.5 Å². The predicted molar refractivity (Wildman–Crippen MR) is 152 cm³/mol. The first-order valence-corrected chi connectivity index (χ1v) is 12.8. The average Bonchev–Trinajstić information content (AvgIpc) is 3.58. The van der Waals surface area contributed by atoms with E-state index in [1.54, 1.807) is 0 Å². The highest BCUT2D eigenvalue weighted by atomic mass is 35.5. The first kappa shape index (κ1) is 33.8. The summed E-state index contributed by atoms with van der Waals surface area (Å²) in [5.74, 6) is -2.27. The second-order valence-corrected chi connectivity index (χ2v) is 9.65. The van der Waals surface area contributed by atoms with Gasteiger partial charge in [-0.15, -0.1) is 12.4 Å². The quantitative estimate of drug-likeness (QED) is 0.197. The van der Waals surface area contributed by atoms with Gasteiger partial charge in [0.1, 0.15) is 19.5 Å². The summed E-state index contributed by atoms with van der Waals surface area (Å²) in [6, 6.07) is 7.19. The summed E-state index contributed by atoms with van der Waals surface area (Å²) in [4.78, 5) is 29.9. The van der Waals surface area contributed by atoms with Gasteiger partial charge in [0.25, 0.3) is 0 Å². The molecule has 0 unspecified atom stereocenters. The molecular weight excluding hydrogens is 653 g/mol. The molecule has 0 bridgehead atoms. The van der Waals surface area contributed by atoms with Crippen LogP contribution in [0.3, 0.4) is 0 Å². The first-order chi connectivity index (χ1) is 21.2. The van der Waals surface area contributed by atoms with Crippen LogP contribution in [0.4, 0.5) is 36.4 Å². The molecular formula is C28H22ClF7N6O4. The maximum atomic E-state index is 15.3. The number of halogens is 8. The van der Waals surface area contributed by atoms with Crippen molar-refractivity contribution in [3.8, 4) is 22.6 Å². The van der Waals surface area contributed by atoms with Gasteiger partial charge < -0.3 is 14.8 Å². The van der Waals surface area contributed by atoms with E-state index >= 15 is 4.39 Å². The number of methoxy groups -OCH3 is 1. The Hall–Kier alpha value is -5.06. The van der Waals surface area contributed by atoms with Crippen molar-refractivity contribution in [2.75, 3.05) is 12.4 Å². The lowest BCUT2D eigenvalue weighted by Crippen LogP contribution is -2.28. The Balaban J connectivity index is 0.00000480. The number of ether oxygens (including phenoxy) is 2. The number of imidazole rings is 1. The molecule has 10 nitrogen and oxygen atoms in total. The van der Waals surface area contributed by atoms with Crippen LogP contribution in [-0.4, -0.2) is 37.3 Å². The molecule has 0 aliphatic carbocycles. The molecule has 2 N–H and O–H groups in total. The number of aromatic amines is 1. The average molecular weight is 675 g/mol. The first-order valence-electron chi connectivity index (χ1n) is 12.8. The third-order valence-electron chi connectivity index (χ3n) is 6.70. The highest BCUT2D eigenvalue weighted by Crippen LogP contribution is 2.41. The van der Waals surface area contributed by atoms with Gasteiger partial charge in [0.05, 0.1) is 29.3 Å². The van der Waals surface area contributed by atoms with Gasteiger partial charge in [-0.25, -0.2) is 14.2 Å². The van der Waals surface area contributed by atoms with E-state index in [4.69, 9.17) is 9.47 Å². The molecule has 244 valence electrons. The third-order valence-corrected chi connectivity index (χ3v) is 6.70. The van der Waals surface area contributed by atoms with Crippen LogP contribution in [0.1, 0.15) is 17.0 Å². The summed E-state index contributed by atoms with van der Waals surface area (Å²) >= 11 is 0. The van der Waals surface area contributed by atoms with Gasteiger partial charge in [-0.05, 0) is 48.0 Å². The lowest BCUT2D eigenvalue weighted by molar-refractivity contribution is -0.138. The number of hydrogen-bond donors (Lipinski definition) is 2. The van der Waals surface area contributed by atoms with Crippen LogP contribution in [0.2, 0.25) is 0 Å². The predicted octanol–water partition coefficient (Wildman–Crippen LogP) is 5.95. The van der Waals surface area contributed by atoms with Crippen LogP contribution in [-0.2, 0) is 37.3 Å². The minimum Gasteiger partial charge on any atom is -0.493 e. The number of alkyl halides is 6. The lowest BCUT2D eigenvalue weighted by Gasteiger charge is -2.16. The second-order valence-electron chi connectivity index (χ2n) is 9.65. The zero-order valence-electron chi connectivity index (χ0n) is 23.6. The summed E-state index contributed by atoms with van der Waals surface area (Å²) in [5, 5.41) is 8.40. The molecule has 2 aromatic heterocycles. The van der Waals surface area contributed by atoms with E-state index in [1.165, 1.54) is 32.6 Å². The fraction of sp³-hybridized carbons (Fsp3) is 0.214. The number of aromatic nitrogens is 5. The van der Waals surface area contributed by atoms with E-state index in [0.717, 1.165) is 33.4 Å². The van der Waals surface area contributed by atoms with Crippen LogP contribution in [0, 0.1) is 5.82 Å². The number of aryl methyl sites for hydroxylation is 1. The number of anilines is 1. The number of amides is 1. The summed E-state index contributed by atoms with van der Waals surface area (Å²) in [6.45, 7) is -1.08. The Morgan fingerprint density at radius 3 is 2.37 bits per heavy atom. The molecule has 0 aliphatic heterocycles. The third kappa shape index (κ3) is 6.78. The van der Waals surface area contributed by atoms with Crippen molar-refractivity contribution in [3.63, 3.8) is 0 Å². The second kappa shape index (κ2) is 12.7. The van der Waals surface area contributed by atoms with Crippen molar-refractivity contribution in [1.29, 1.82) is 0 Å². The van der Waals surface area contributed by atoms with Crippen molar-refractivity contribution < 1.29 is 45.0 Å². The zero-order valence-corrected chi connectivity index (χ0v) is 24.4. The highest BCUT2D eigenvalue weighted by molar-refractivity contribution is 5.96. The number of carbonyl (C=O) groups is 1. The molecule has 3 aromatic carbocycles. The number of fused-ring (bicyclic) bond motifs is 1. The van der Waals surface area contributed by atoms with E-state index in [0.29, 0.717) is 12.1 Å². The van der Waals surface area contributed by atoms with E-state index in [2.05, 4.69) is 20.5 Å². The largest absolute Gasteiger partial charge is 0.493 e. The molecule has 5 aromatic rings. The minimum atomic E-state index is -4.93. The number of carbonyl (C=O) groups excluding carboxylic acids is 1. The number of hydrogen-bond acceptors (Lipinski definition) is 6. The Labute approximate surface area is 260 Å². The fourth-order valence-electron chi connectivity index (χ4n) is 4.67. The summed E-state index contributed by atoms with van der Waals surface area (Å²) in [6.07, 6.45) is -8.41. The molecule has 18 heteroatoms. The molecule has 0 radical (unpaired) electrons. The van der Waals surface area contributed by atoms with Crippen LogP contribution < -0.4 is 20.5 Å². The summed E-state index contributed by atoms with van der Waals surface area (Å²) in [5.41, 5.74) is -4.18. The van der Waals surface area contributed by atoms with Gasteiger partial charge in [0.2, 0.25) is 5.91 Å². The van der Waals surface area contributed by atoms with Gasteiger partial charge in [0, 0.05) is 18.3 Å². The van der Waals surface area contributed by atoms with Crippen molar-refractivity contribution in [2.24, 2.45) is 7.05 Å². The van der Waals surface area contributed by atoms with Crippen molar-refractivity contribution in [1.82, 2.24) is 24.3 Å². The standard InChI is InChI=1S/C28H21F7N6O4.ClH/c1-40-24-18(14-6-19(29)25(21(7-14)44-2)45-12-22-36-13-37-39-22)9-16(28(33,34)35)10-20(24)41(26(40)43)11-23(42)38-17-5-3-4-15(8-17)27(30,31)32;/h3-10,13H,11-12H2,1-2H3,(H,38,42)(H,36,37,39);1H. The minimum absolute atomic E-state index is 0. The Kier molecular flexibility index (Phi) is 9.37. The van der Waals surface area contributed by atoms with Crippen molar-refractivity contribution >= 4 is 35.0 Å². The van der Waals surface area contributed by atoms with Crippen molar-refractivity contribution in [3.05, 3.63) is 88.1 Å². The smallest absolute Gasteiger partial charge is 0.416 e. The number of H-pyrrole nitrogens is 1. The van der Waals surface area contributed by atoms with Crippen LogP contribution in [0.25, 0.3) is 22.2 Å². The van der Waals surface area contributed by atoms with E-state index in [1.807, 2.05) is 0 Å². The number of nitrogens with zero attached hydrogens (tertiary/aromatic N) is 4. The molecule has 46 heavy (non-hydrogen) atoms. The summed E-state index contributed by atoms with van der Waals surface area (Å²) in [7, 11) is 2.43. The van der Waals surface area contributed by atoms with Gasteiger partial charge in [-0.2, -0.15) is 31.4 Å². The zero-order chi connectivity index (χ0) is 32.7.